The molecule has 0 saturated heterocycles. The Morgan fingerprint density at radius 2 is 1.90 bits per heavy atom. The van der Waals surface area contributed by atoms with Gasteiger partial charge in [-0.15, -0.1) is 0 Å². The van der Waals surface area contributed by atoms with Gasteiger partial charge in [-0.2, -0.15) is 5.26 Å². The predicted octanol–water partition coefficient (Wildman–Crippen LogP) is 1.82. The maximum Gasteiger partial charge on any atom is 0.269 e. The van der Waals surface area contributed by atoms with E-state index >= 15 is 0 Å². The number of allylic oxidation sites excluding steroid dienone is 4. The summed E-state index contributed by atoms with van der Waals surface area (Å²) in [6.07, 6.45) is -0.658. The Hall–Kier alpha value is -3.02. The Labute approximate surface area is 173 Å². The summed E-state index contributed by atoms with van der Waals surface area (Å²) in [6, 6.07) is 6.53. The molecule has 2 rings (SSSR count). The number of aromatic hydroxyl groups is 1. The van der Waals surface area contributed by atoms with Gasteiger partial charge in [0.05, 0.1) is 17.2 Å². The van der Waals surface area contributed by atoms with Gasteiger partial charge in [-0.1, -0.05) is 18.5 Å². The zero-order chi connectivity index (χ0) is 21.7. The highest BCUT2D eigenvalue weighted by Gasteiger charge is 2.30. The van der Waals surface area contributed by atoms with Gasteiger partial charge in [-0.3, -0.25) is 20.4 Å². The van der Waals surface area contributed by atoms with Crippen LogP contribution in [-0.4, -0.2) is 34.2 Å². The van der Waals surface area contributed by atoms with Crippen LogP contribution < -0.4 is 16.2 Å². The summed E-state index contributed by atoms with van der Waals surface area (Å²) in [4.78, 5) is 24.7. The number of hydrazine groups is 1. The van der Waals surface area contributed by atoms with Gasteiger partial charge in [0.2, 0.25) is 0 Å². The van der Waals surface area contributed by atoms with Crippen molar-refractivity contribution in [2.75, 3.05) is 0 Å². The summed E-state index contributed by atoms with van der Waals surface area (Å²) in [7, 11) is 0. The van der Waals surface area contributed by atoms with Crippen LogP contribution in [0.5, 0.6) is 5.75 Å². The highest BCUT2D eigenvalue weighted by atomic mass is 35.5. The number of nitrogens with zero attached hydrogens (tertiary/aromatic N) is 1. The van der Waals surface area contributed by atoms with E-state index in [1.54, 1.807) is 6.92 Å². The van der Waals surface area contributed by atoms with Gasteiger partial charge in [0.1, 0.15) is 11.8 Å². The Morgan fingerprint density at radius 1 is 1.28 bits per heavy atom. The third kappa shape index (κ3) is 5.28. The molecule has 5 N–H and O–H groups in total. The number of nitrogens with one attached hydrogen (secondary N) is 3. The monoisotopic (exact) mass is 418 g/mol. The summed E-state index contributed by atoms with van der Waals surface area (Å²) >= 11 is 6.24. The first-order valence-electron chi connectivity index (χ1n) is 8.99. The van der Waals surface area contributed by atoms with Crippen LogP contribution in [0.2, 0.25) is 0 Å². The van der Waals surface area contributed by atoms with Crippen molar-refractivity contribution in [3.63, 3.8) is 0 Å². The first-order chi connectivity index (χ1) is 13.6. The van der Waals surface area contributed by atoms with Gasteiger partial charge in [0.15, 0.2) is 0 Å². The molecule has 0 bridgehead atoms. The quantitative estimate of drug-likeness (QED) is 0.463. The Bertz CT molecular complexity index is 900. The van der Waals surface area contributed by atoms with Gasteiger partial charge in [0, 0.05) is 22.8 Å². The number of benzene rings is 1. The number of hydrogen-bond donors (Lipinski definition) is 5. The number of nitriles is 1. The van der Waals surface area contributed by atoms with E-state index in [1.807, 2.05) is 6.92 Å². The van der Waals surface area contributed by atoms with Gasteiger partial charge >= 0.3 is 0 Å². The molecule has 0 fully saturated rings. The van der Waals surface area contributed by atoms with Crippen LogP contribution >= 0.6 is 11.6 Å². The highest BCUT2D eigenvalue weighted by Crippen LogP contribution is 2.35. The molecular formula is C20H23ClN4O4. The average Bonchev–Trinajstić information content (AvgIpc) is 2.68. The number of hydrogen-bond acceptors (Lipinski definition) is 6. The van der Waals surface area contributed by atoms with E-state index in [0.29, 0.717) is 28.3 Å². The fourth-order valence-corrected chi connectivity index (χ4v) is 3.23. The number of carbonyl (C=O) groups is 2. The van der Waals surface area contributed by atoms with E-state index in [2.05, 4.69) is 22.2 Å². The predicted molar refractivity (Wildman–Crippen MR) is 107 cm³/mol. The molecule has 154 valence electrons. The van der Waals surface area contributed by atoms with Crippen LogP contribution in [0, 0.1) is 17.2 Å². The summed E-state index contributed by atoms with van der Waals surface area (Å²) in [5.41, 5.74) is 6.56. The van der Waals surface area contributed by atoms with Crippen molar-refractivity contribution < 1.29 is 19.8 Å². The zero-order valence-electron chi connectivity index (χ0n) is 16.3. The Morgan fingerprint density at radius 3 is 2.45 bits per heavy atom. The van der Waals surface area contributed by atoms with Crippen LogP contribution in [0.4, 0.5) is 0 Å². The molecule has 0 aliphatic heterocycles. The zero-order valence-corrected chi connectivity index (χ0v) is 17.0. The second kappa shape index (κ2) is 9.45. The molecule has 1 aliphatic carbocycles. The number of phenolic OH excluding ortho intramolecular Hbond substituents is 1. The lowest BCUT2D eigenvalue weighted by atomic mass is 9.88. The average molecular weight is 419 g/mol. The molecule has 1 aliphatic rings. The molecule has 2 amide bonds. The van der Waals surface area contributed by atoms with Crippen LogP contribution in [-0.2, 0) is 4.79 Å². The molecule has 0 heterocycles. The molecule has 0 aromatic heterocycles. The minimum absolute atomic E-state index is 0.0152. The van der Waals surface area contributed by atoms with Crippen molar-refractivity contribution in [1.82, 2.24) is 16.2 Å². The second-order valence-electron chi connectivity index (χ2n) is 6.90. The molecule has 1 aromatic rings. The van der Waals surface area contributed by atoms with Crippen molar-refractivity contribution in [2.45, 2.75) is 39.3 Å². The maximum absolute atomic E-state index is 12.6. The summed E-state index contributed by atoms with van der Waals surface area (Å²) in [5.74, 6) is -1.31. The number of rotatable bonds is 5. The highest BCUT2D eigenvalue weighted by molar-refractivity contribution is 6.32. The van der Waals surface area contributed by atoms with E-state index in [-0.39, 0.29) is 17.2 Å². The largest absolute Gasteiger partial charge is 0.508 e. The first kappa shape index (κ1) is 22.3. The Kier molecular flexibility index (Phi) is 7.26. The molecule has 3 atom stereocenters. The normalized spacial score (nSPS) is 18.6. The van der Waals surface area contributed by atoms with Crippen LogP contribution in [0.1, 0.15) is 37.6 Å². The van der Waals surface area contributed by atoms with E-state index in [0.717, 1.165) is 0 Å². The standard InChI is InChI=1S/C20H23ClN4O4/c1-10-8-14(9-22)16(21)11(2)17(10)23-18(12(3)26)20(29)25-24-19(28)13-4-6-15(27)7-5-13/h4-7,10,12,18,23,26-27H,8H2,1-3H3,(H,24,28)(H,25,29)/t10?,12-,18-/m1/s1. The van der Waals surface area contributed by atoms with Gasteiger partial charge in [-0.25, -0.2) is 0 Å². The minimum Gasteiger partial charge on any atom is -0.508 e. The van der Waals surface area contributed by atoms with Crippen LogP contribution in [0.15, 0.2) is 46.1 Å². The van der Waals surface area contributed by atoms with Crippen LogP contribution in [0.3, 0.4) is 0 Å². The summed E-state index contributed by atoms with van der Waals surface area (Å²) < 4.78 is 0. The van der Waals surface area contributed by atoms with Crippen LogP contribution in [0.25, 0.3) is 0 Å². The minimum atomic E-state index is -1.08. The van der Waals surface area contributed by atoms with E-state index in [1.165, 1.54) is 31.2 Å². The molecule has 0 saturated carbocycles. The molecule has 1 aromatic carbocycles. The molecular weight excluding hydrogens is 396 g/mol. The van der Waals surface area contributed by atoms with Gasteiger partial charge in [-0.05, 0) is 50.1 Å². The number of aliphatic hydroxyl groups is 1. The van der Waals surface area contributed by atoms with Gasteiger partial charge < -0.3 is 15.5 Å². The third-order valence-electron chi connectivity index (χ3n) is 4.64. The fraction of sp³-hybridized carbons (Fsp3) is 0.350. The van der Waals surface area contributed by atoms with Crippen molar-refractivity contribution in [2.24, 2.45) is 5.92 Å². The number of halogens is 1. The summed E-state index contributed by atoms with van der Waals surface area (Å²) in [5, 5.41) is 31.9. The van der Waals surface area contributed by atoms with E-state index < -0.39 is 24.0 Å². The molecule has 8 nitrogen and oxygen atoms in total. The number of phenols is 1. The van der Waals surface area contributed by atoms with E-state index in [4.69, 9.17) is 11.6 Å². The number of carbonyl (C=O) groups excluding carboxylic acids is 2. The molecule has 0 radical (unpaired) electrons. The Balaban J connectivity index is 2.11. The fourth-order valence-electron chi connectivity index (χ4n) is 3.01. The maximum atomic E-state index is 12.6. The smallest absolute Gasteiger partial charge is 0.269 e. The molecule has 29 heavy (non-hydrogen) atoms. The molecule has 9 heteroatoms. The lowest BCUT2D eigenvalue weighted by molar-refractivity contribution is -0.126. The van der Waals surface area contributed by atoms with Gasteiger partial charge in [0.25, 0.3) is 11.8 Å². The second-order valence-corrected chi connectivity index (χ2v) is 7.28. The third-order valence-corrected chi connectivity index (χ3v) is 5.15. The lowest BCUT2D eigenvalue weighted by Crippen LogP contribution is -2.55. The molecule has 1 unspecified atom stereocenters. The van der Waals surface area contributed by atoms with Crippen molar-refractivity contribution in [3.05, 3.63) is 51.7 Å². The van der Waals surface area contributed by atoms with Crippen molar-refractivity contribution in [3.8, 4) is 11.8 Å². The summed E-state index contributed by atoms with van der Waals surface area (Å²) in [6.45, 7) is 5.07. The number of amides is 2. The van der Waals surface area contributed by atoms with Crippen molar-refractivity contribution in [1.29, 1.82) is 5.26 Å². The number of aliphatic hydroxyl groups excluding tert-OH is 1. The van der Waals surface area contributed by atoms with Crippen molar-refractivity contribution >= 4 is 23.4 Å². The molecule has 0 spiro atoms. The van der Waals surface area contributed by atoms with E-state index in [9.17, 15) is 25.1 Å². The first-order valence-corrected chi connectivity index (χ1v) is 9.37. The lowest BCUT2D eigenvalue weighted by Gasteiger charge is -2.30. The SMILES string of the molecule is CC1=C(N[C@@H](C(=O)NNC(=O)c2ccc(O)cc2)[C@@H](C)O)C(C)CC(C#N)=C1Cl. The topological polar surface area (TPSA) is 134 Å².